The van der Waals surface area contributed by atoms with Gasteiger partial charge in [0.25, 0.3) is 11.5 Å². The summed E-state index contributed by atoms with van der Waals surface area (Å²) in [4.78, 5) is 36.1. The summed E-state index contributed by atoms with van der Waals surface area (Å²) < 4.78 is 5.35. The molecule has 134 valence electrons. The van der Waals surface area contributed by atoms with E-state index in [2.05, 4.69) is 25.2 Å². The average molecular weight is 353 g/mol. The van der Waals surface area contributed by atoms with E-state index in [4.69, 9.17) is 4.74 Å². The standard InChI is InChI=1S/C18H19N5O3/c24-17(14-9-19-16-15(14)18(25)21-11-20-16)22-13-3-1-12(2-4-13)10-23-5-7-26-8-6-23/h1-4,9,11H,5-8,10H2,(H,22,24)(H2,19,20,21,25). The van der Waals surface area contributed by atoms with Crippen molar-refractivity contribution in [2.24, 2.45) is 0 Å². The first kappa shape index (κ1) is 16.5. The topological polar surface area (TPSA) is 103 Å². The summed E-state index contributed by atoms with van der Waals surface area (Å²) >= 11 is 0. The van der Waals surface area contributed by atoms with Gasteiger partial charge >= 0.3 is 0 Å². The van der Waals surface area contributed by atoms with E-state index < -0.39 is 0 Å². The third kappa shape index (κ3) is 3.37. The van der Waals surface area contributed by atoms with Crippen molar-refractivity contribution in [2.45, 2.75) is 6.54 Å². The number of aromatic nitrogens is 3. The van der Waals surface area contributed by atoms with Gasteiger partial charge < -0.3 is 20.0 Å². The number of nitrogens with one attached hydrogen (secondary N) is 3. The Labute approximate surface area is 149 Å². The number of amides is 1. The molecule has 0 radical (unpaired) electrons. The summed E-state index contributed by atoms with van der Waals surface area (Å²) in [6, 6.07) is 7.72. The van der Waals surface area contributed by atoms with Gasteiger partial charge in [0.05, 0.1) is 30.5 Å². The number of benzene rings is 1. The Morgan fingerprint density at radius 3 is 2.73 bits per heavy atom. The van der Waals surface area contributed by atoms with Crippen molar-refractivity contribution in [3.8, 4) is 0 Å². The van der Waals surface area contributed by atoms with Crippen LogP contribution in [0.25, 0.3) is 11.0 Å². The van der Waals surface area contributed by atoms with Crippen LogP contribution in [0.4, 0.5) is 5.69 Å². The zero-order chi connectivity index (χ0) is 17.9. The van der Waals surface area contributed by atoms with Gasteiger partial charge in [-0.15, -0.1) is 0 Å². The van der Waals surface area contributed by atoms with Gasteiger partial charge in [-0.1, -0.05) is 12.1 Å². The minimum Gasteiger partial charge on any atom is -0.379 e. The molecule has 1 aromatic carbocycles. The Morgan fingerprint density at radius 1 is 1.19 bits per heavy atom. The number of aromatic amines is 2. The SMILES string of the molecule is O=C(Nc1ccc(CN2CCOCC2)cc1)c1c[nH]c2nc[nH]c(=O)c12. The van der Waals surface area contributed by atoms with Gasteiger partial charge in [-0.05, 0) is 17.7 Å². The van der Waals surface area contributed by atoms with Gasteiger partial charge in [-0.2, -0.15) is 0 Å². The lowest BCUT2D eigenvalue weighted by atomic mass is 10.1. The Bertz CT molecular complexity index is 970. The van der Waals surface area contributed by atoms with Gasteiger partial charge in [-0.3, -0.25) is 14.5 Å². The van der Waals surface area contributed by atoms with Gasteiger partial charge in [0.2, 0.25) is 0 Å². The Hall–Kier alpha value is -2.97. The van der Waals surface area contributed by atoms with Crippen LogP contribution in [0, 0.1) is 0 Å². The molecular weight excluding hydrogens is 334 g/mol. The average Bonchev–Trinajstić information content (AvgIpc) is 3.10. The fraction of sp³-hybridized carbons (Fsp3) is 0.278. The molecule has 0 saturated carbocycles. The smallest absolute Gasteiger partial charge is 0.261 e. The predicted octanol–water partition coefficient (Wildman–Crippen LogP) is 1.34. The maximum atomic E-state index is 12.5. The second-order valence-corrected chi connectivity index (χ2v) is 6.20. The first-order valence-corrected chi connectivity index (χ1v) is 8.46. The molecule has 0 bridgehead atoms. The molecule has 1 fully saturated rings. The van der Waals surface area contributed by atoms with E-state index in [0.717, 1.165) is 32.8 Å². The number of morpholine rings is 1. The van der Waals surface area contributed by atoms with Gasteiger partial charge in [0.1, 0.15) is 5.65 Å². The van der Waals surface area contributed by atoms with E-state index in [1.54, 1.807) is 0 Å². The monoisotopic (exact) mass is 353 g/mol. The van der Waals surface area contributed by atoms with Crippen molar-refractivity contribution in [2.75, 3.05) is 31.6 Å². The van der Waals surface area contributed by atoms with Gasteiger partial charge in [-0.25, -0.2) is 4.98 Å². The van der Waals surface area contributed by atoms with Crippen molar-refractivity contribution < 1.29 is 9.53 Å². The van der Waals surface area contributed by atoms with Crippen LogP contribution in [0.2, 0.25) is 0 Å². The molecule has 0 spiro atoms. The van der Waals surface area contributed by atoms with Crippen molar-refractivity contribution in [1.82, 2.24) is 19.9 Å². The largest absolute Gasteiger partial charge is 0.379 e. The number of rotatable bonds is 4. The highest BCUT2D eigenvalue weighted by Gasteiger charge is 2.16. The third-order valence-electron chi connectivity index (χ3n) is 4.44. The number of hydrogen-bond donors (Lipinski definition) is 3. The molecule has 1 amide bonds. The highest BCUT2D eigenvalue weighted by Crippen LogP contribution is 2.16. The van der Waals surface area contributed by atoms with Crippen LogP contribution in [-0.4, -0.2) is 52.1 Å². The van der Waals surface area contributed by atoms with Crippen LogP contribution >= 0.6 is 0 Å². The molecule has 0 atom stereocenters. The zero-order valence-corrected chi connectivity index (χ0v) is 14.1. The minimum atomic E-state index is -0.351. The summed E-state index contributed by atoms with van der Waals surface area (Å²) in [6.07, 6.45) is 2.80. The molecule has 0 aliphatic carbocycles. The molecule has 8 heteroatoms. The Balaban J connectivity index is 1.46. The Morgan fingerprint density at radius 2 is 1.96 bits per heavy atom. The normalized spacial score (nSPS) is 15.2. The third-order valence-corrected chi connectivity index (χ3v) is 4.44. The summed E-state index contributed by atoms with van der Waals surface area (Å²) in [7, 11) is 0. The Kier molecular flexibility index (Phi) is 4.51. The number of hydrogen-bond acceptors (Lipinski definition) is 5. The van der Waals surface area contributed by atoms with Crippen LogP contribution in [-0.2, 0) is 11.3 Å². The summed E-state index contributed by atoms with van der Waals surface area (Å²) in [5.41, 5.74) is 2.17. The van der Waals surface area contributed by atoms with E-state index in [0.29, 0.717) is 11.3 Å². The van der Waals surface area contributed by atoms with Gasteiger partial charge in [0, 0.05) is 31.5 Å². The fourth-order valence-electron chi connectivity index (χ4n) is 3.06. The quantitative estimate of drug-likeness (QED) is 0.657. The number of anilines is 1. The summed E-state index contributed by atoms with van der Waals surface area (Å²) in [6.45, 7) is 4.27. The number of H-pyrrole nitrogens is 2. The highest BCUT2D eigenvalue weighted by atomic mass is 16.5. The van der Waals surface area contributed by atoms with Crippen LogP contribution < -0.4 is 10.9 Å². The molecule has 3 N–H and O–H groups in total. The number of carbonyl (C=O) groups excluding carboxylic acids is 1. The summed E-state index contributed by atoms with van der Waals surface area (Å²) in [5.74, 6) is -0.351. The van der Waals surface area contributed by atoms with Gasteiger partial charge in [0.15, 0.2) is 0 Å². The molecule has 0 unspecified atom stereocenters. The second kappa shape index (κ2) is 7.11. The van der Waals surface area contributed by atoms with Crippen molar-refractivity contribution in [1.29, 1.82) is 0 Å². The van der Waals surface area contributed by atoms with E-state index in [1.807, 2.05) is 24.3 Å². The maximum Gasteiger partial charge on any atom is 0.261 e. The molecule has 1 aliphatic rings. The van der Waals surface area contributed by atoms with Crippen LogP contribution in [0.5, 0.6) is 0 Å². The maximum absolute atomic E-state index is 12.5. The molecule has 3 heterocycles. The predicted molar refractivity (Wildman–Crippen MR) is 97.2 cm³/mol. The highest BCUT2D eigenvalue weighted by molar-refractivity contribution is 6.12. The summed E-state index contributed by atoms with van der Waals surface area (Å²) in [5, 5.41) is 3.08. The lowest BCUT2D eigenvalue weighted by Gasteiger charge is -2.26. The number of carbonyl (C=O) groups is 1. The molecule has 1 saturated heterocycles. The number of nitrogens with zero attached hydrogens (tertiary/aromatic N) is 2. The van der Waals surface area contributed by atoms with Crippen LogP contribution in [0.3, 0.4) is 0 Å². The van der Waals surface area contributed by atoms with Crippen molar-refractivity contribution in [3.05, 3.63) is 58.3 Å². The molecule has 8 nitrogen and oxygen atoms in total. The molecule has 4 rings (SSSR count). The molecular formula is C18H19N5O3. The van der Waals surface area contributed by atoms with E-state index >= 15 is 0 Å². The zero-order valence-electron chi connectivity index (χ0n) is 14.1. The molecule has 3 aromatic rings. The van der Waals surface area contributed by atoms with Crippen molar-refractivity contribution >= 4 is 22.6 Å². The van der Waals surface area contributed by atoms with E-state index in [1.165, 1.54) is 18.1 Å². The van der Waals surface area contributed by atoms with Crippen LogP contribution in [0.1, 0.15) is 15.9 Å². The minimum absolute atomic E-state index is 0.258. The van der Waals surface area contributed by atoms with Crippen molar-refractivity contribution in [3.63, 3.8) is 0 Å². The lowest BCUT2D eigenvalue weighted by Crippen LogP contribution is -2.35. The molecule has 1 aliphatic heterocycles. The lowest BCUT2D eigenvalue weighted by molar-refractivity contribution is 0.0342. The van der Waals surface area contributed by atoms with Crippen LogP contribution in [0.15, 0.2) is 41.6 Å². The first-order valence-electron chi connectivity index (χ1n) is 8.46. The first-order chi connectivity index (χ1) is 12.7. The molecule has 26 heavy (non-hydrogen) atoms. The van der Waals surface area contributed by atoms with E-state index in [-0.39, 0.29) is 22.4 Å². The second-order valence-electron chi connectivity index (χ2n) is 6.20. The number of fused-ring (bicyclic) bond motifs is 1. The number of ether oxygens (including phenoxy) is 1. The molecule has 2 aromatic heterocycles. The fourth-order valence-corrected chi connectivity index (χ4v) is 3.06. The van der Waals surface area contributed by atoms with E-state index in [9.17, 15) is 9.59 Å².